The van der Waals surface area contributed by atoms with Crippen molar-refractivity contribution < 1.29 is 0 Å². The molecule has 23 heavy (non-hydrogen) atoms. The summed E-state index contributed by atoms with van der Waals surface area (Å²) in [6.45, 7) is 4.36. The molecule has 0 heterocycles. The lowest BCUT2D eigenvalue weighted by molar-refractivity contribution is 0.869. The molecule has 0 aliphatic carbocycles. The molecule has 2 nitrogen and oxygen atoms in total. The van der Waals surface area contributed by atoms with E-state index in [1.165, 1.54) is 10.9 Å². The SMILES string of the molecule is CC(C)c1ccccc1NC(=S)Nc1cccc2ccccc12. The molecule has 3 aromatic carbocycles. The van der Waals surface area contributed by atoms with E-state index >= 15 is 0 Å². The average Bonchev–Trinajstić information content (AvgIpc) is 2.55. The molecule has 0 aliphatic heterocycles. The second-order valence-corrected chi connectivity index (χ2v) is 6.26. The topological polar surface area (TPSA) is 24.1 Å². The highest BCUT2D eigenvalue weighted by atomic mass is 32.1. The Morgan fingerprint density at radius 3 is 2.22 bits per heavy atom. The monoisotopic (exact) mass is 320 g/mol. The van der Waals surface area contributed by atoms with Gasteiger partial charge in [0.2, 0.25) is 0 Å². The number of thiocarbonyl (C=S) groups is 1. The maximum absolute atomic E-state index is 5.50. The number of hydrogen-bond donors (Lipinski definition) is 2. The predicted molar refractivity (Wildman–Crippen MR) is 104 cm³/mol. The molecule has 0 saturated heterocycles. The second-order valence-electron chi connectivity index (χ2n) is 5.85. The van der Waals surface area contributed by atoms with Gasteiger partial charge in [0.15, 0.2) is 5.11 Å². The van der Waals surface area contributed by atoms with Crippen LogP contribution in [0.5, 0.6) is 0 Å². The first kappa shape index (κ1) is 15.5. The molecule has 0 aliphatic rings. The van der Waals surface area contributed by atoms with Gasteiger partial charge in [-0.2, -0.15) is 0 Å². The van der Waals surface area contributed by atoms with Gasteiger partial charge in [0.05, 0.1) is 0 Å². The maximum Gasteiger partial charge on any atom is 0.175 e. The highest BCUT2D eigenvalue weighted by Gasteiger charge is 2.08. The fraction of sp³-hybridized carbons (Fsp3) is 0.150. The van der Waals surface area contributed by atoms with Crippen LogP contribution in [0.3, 0.4) is 0 Å². The van der Waals surface area contributed by atoms with E-state index in [1.54, 1.807) is 0 Å². The quantitative estimate of drug-likeness (QED) is 0.599. The van der Waals surface area contributed by atoms with Gasteiger partial charge in [-0.1, -0.05) is 68.4 Å². The maximum atomic E-state index is 5.50. The Morgan fingerprint density at radius 1 is 0.783 bits per heavy atom. The highest BCUT2D eigenvalue weighted by molar-refractivity contribution is 7.80. The molecule has 0 atom stereocenters. The fourth-order valence-corrected chi connectivity index (χ4v) is 2.94. The van der Waals surface area contributed by atoms with E-state index in [-0.39, 0.29) is 0 Å². The van der Waals surface area contributed by atoms with Crippen molar-refractivity contribution in [3.05, 3.63) is 72.3 Å². The number of fused-ring (bicyclic) bond motifs is 1. The Morgan fingerprint density at radius 2 is 1.39 bits per heavy atom. The normalized spacial score (nSPS) is 10.7. The molecular formula is C20H20N2S. The zero-order valence-corrected chi connectivity index (χ0v) is 14.2. The van der Waals surface area contributed by atoms with Gasteiger partial charge >= 0.3 is 0 Å². The molecule has 3 aromatic rings. The number of benzene rings is 3. The first-order chi connectivity index (χ1) is 11.1. The number of nitrogens with one attached hydrogen (secondary N) is 2. The highest BCUT2D eigenvalue weighted by Crippen LogP contribution is 2.25. The minimum Gasteiger partial charge on any atom is -0.332 e. The van der Waals surface area contributed by atoms with Gasteiger partial charge in [-0.15, -0.1) is 0 Å². The Kier molecular flexibility index (Phi) is 4.58. The molecule has 0 bridgehead atoms. The van der Waals surface area contributed by atoms with Gasteiger partial charge in [0, 0.05) is 16.8 Å². The van der Waals surface area contributed by atoms with Crippen molar-refractivity contribution in [3.63, 3.8) is 0 Å². The fourth-order valence-electron chi connectivity index (χ4n) is 2.72. The Balaban J connectivity index is 1.82. The molecule has 2 N–H and O–H groups in total. The molecule has 0 radical (unpaired) electrons. The summed E-state index contributed by atoms with van der Waals surface area (Å²) >= 11 is 5.50. The Hall–Kier alpha value is -2.39. The predicted octanol–water partition coefficient (Wildman–Crippen LogP) is 5.77. The molecule has 0 unspecified atom stereocenters. The van der Waals surface area contributed by atoms with E-state index in [9.17, 15) is 0 Å². The summed E-state index contributed by atoms with van der Waals surface area (Å²) in [4.78, 5) is 0. The molecule has 0 saturated carbocycles. The van der Waals surface area contributed by atoms with Crippen molar-refractivity contribution in [3.8, 4) is 0 Å². The Labute approximate surface area is 142 Å². The molecule has 3 heteroatoms. The van der Waals surface area contributed by atoms with Gasteiger partial charge in [-0.25, -0.2) is 0 Å². The molecule has 3 rings (SSSR count). The third-order valence-corrected chi connectivity index (χ3v) is 4.07. The van der Waals surface area contributed by atoms with E-state index in [0.29, 0.717) is 11.0 Å². The third-order valence-electron chi connectivity index (χ3n) is 3.87. The molecule has 116 valence electrons. The van der Waals surface area contributed by atoms with Crippen LogP contribution in [0, 0.1) is 0 Å². The minimum absolute atomic E-state index is 0.444. The summed E-state index contributed by atoms with van der Waals surface area (Å²) in [5, 5.41) is 9.61. The van der Waals surface area contributed by atoms with E-state index in [0.717, 1.165) is 16.8 Å². The lowest BCUT2D eigenvalue weighted by Crippen LogP contribution is -2.20. The van der Waals surface area contributed by atoms with Crippen molar-refractivity contribution >= 4 is 39.5 Å². The van der Waals surface area contributed by atoms with Crippen LogP contribution in [-0.4, -0.2) is 5.11 Å². The van der Waals surface area contributed by atoms with E-state index in [1.807, 2.05) is 30.3 Å². The smallest absolute Gasteiger partial charge is 0.175 e. The average molecular weight is 320 g/mol. The standard InChI is InChI=1S/C20H20N2S/c1-14(2)16-10-5-6-12-18(16)21-20(23)22-19-13-7-9-15-8-3-4-11-17(15)19/h3-14H,1-2H3,(H2,21,22,23). The molecular weight excluding hydrogens is 300 g/mol. The van der Waals surface area contributed by atoms with Crippen LogP contribution in [0.4, 0.5) is 11.4 Å². The lowest BCUT2D eigenvalue weighted by atomic mass is 10.0. The first-order valence-corrected chi connectivity index (χ1v) is 8.20. The van der Waals surface area contributed by atoms with Crippen molar-refractivity contribution in [1.82, 2.24) is 0 Å². The summed E-state index contributed by atoms with van der Waals surface area (Å²) < 4.78 is 0. The summed E-state index contributed by atoms with van der Waals surface area (Å²) in [6.07, 6.45) is 0. The van der Waals surface area contributed by atoms with Crippen LogP contribution in [0.25, 0.3) is 10.8 Å². The number of anilines is 2. The lowest BCUT2D eigenvalue weighted by Gasteiger charge is -2.16. The molecule has 0 aromatic heterocycles. The zero-order chi connectivity index (χ0) is 16.2. The largest absolute Gasteiger partial charge is 0.332 e. The second kappa shape index (κ2) is 6.80. The van der Waals surface area contributed by atoms with E-state index in [4.69, 9.17) is 12.2 Å². The first-order valence-electron chi connectivity index (χ1n) is 7.80. The number of para-hydroxylation sites is 1. The van der Waals surface area contributed by atoms with Crippen LogP contribution in [0.15, 0.2) is 66.7 Å². The Bertz CT molecular complexity index is 834. The molecule has 0 fully saturated rings. The number of hydrogen-bond acceptors (Lipinski definition) is 1. The van der Waals surface area contributed by atoms with Gasteiger partial charge < -0.3 is 10.6 Å². The summed E-state index contributed by atoms with van der Waals surface area (Å²) in [5.41, 5.74) is 3.33. The van der Waals surface area contributed by atoms with E-state index < -0.39 is 0 Å². The van der Waals surface area contributed by atoms with Crippen molar-refractivity contribution in [2.24, 2.45) is 0 Å². The van der Waals surface area contributed by atoms with Crippen LogP contribution in [0.1, 0.15) is 25.3 Å². The minimum atomic E-state index is 0.444. The van der Waals surface area contributed by atoms with Crippen molar-refractivity contribution in [2.45, 2.75) is 19.8 Å². The third kappa shape index (κ3) is 3.51. The van der Waals surface area contributed by atoms with Gasteiger partial charge in [-0.05, 0) is 41.2 Å². The molecule has 0 amide bonds. The number of rotatable bonds is 3. The van der Waals surface area contributed by atoms with Crippen molar-refractivity contribution in [2.75, 3.05) is 10.6 Å². The van der Waals surface area contributed by atoms with Crippen LogP contribution in [-0.2, 0) is 0 Å². The van der Waals surface area contributed by atoms with Crippen molar-refractivity contribution in [1.29, 1.82) is 0 Å². The van der Waals surface area contributed by atoms with Crippen LogP contribution >= 0.6 is 12.2 Å². The summed E-state index contributed by atoms with van der Waals surface area (Å²) in [7, 11) is 0. The van der Waals surface area contributed by atoms with E-state index in [2.05, 4.69) is 60.9 Å². The van der Waals surface area contributed by atoms with Crippen LogP contribution < -0.4 is 10.6 Å². The summed E-state index contributed by atoms with van der Waals surface area (Å²) in [5.74, 6) is 0.444. The molecule has 0 spiro atoms. The zero-order valence-electron chi connectivity index (χ0n) is 13.3. The van der Waals surface area contributed by atoms with Gasteiger partial charge in [0.25, 0.3) is 0 Å². The van der Waals surface area contributed by atoms with Gasteiger partial charge in [-0.3, -0.25) is 0 Å². The van der Waals surface area contributed by atoms with Crippen LogP contribution in [0.2, 0.25) is 0 Å². The van der Waals surface area contributed by atoms with Gasteiger partial charge in [0.1, 0.15) is 0 Å². The summed E-state index contributed by atoms with van der Waals surface area (Å²) in [6, 6.07) is 22.7.